The Morgan fingerprint density at radius 3 is 2.33 bits per heavy atom. The first kappa shape index (κ1) is 37.5. The number of piperazine rings is 1. The molecule has 5 aliphatic rings. The average Bonchev–Trinajstić information content (AvgIpc) is 3.44. The number of H-pyrrole nitrogens is 1. The van der Waals surface area contributed by atoms with Gasteiger partial charge in [0.25, 0.3) is 17.4 Å². The molecule has 4 saturated heterocycles. The Kier molecular flexibility index (Phi) is 11.2. The van der Waals surface area contributed by atoms with E-state index in [0.29, 0.717) is 46.2 Å². The summed E-state index contributed by atoms with van der Waals surface area (Å²) < 4.78 is 26.5. The van der Waals surface area contributed by atoms with Crippen LogP contribution in [0.5, 0.6) is 5.75 Å². The van der Waals surface area contributed by atoms with E-state index in [1.54, 1.807) is 30.0 Å². The zero-order chi connectivity index (χ0) is 38.1. The summed E-state index contributed by atoms with van der Waals surface area (Å²) in [6.07, 6.45) is 4.13. The zero-order valence-corrected chi connectivity index (χ0v) is 31.5. The second-order valence-electron chi connectivity index (χ2n) is 15.0. The van der Waals surface area contributed by atoms with Gasteiger partial charge in [0.15, 0.2) is 0 Å². The van der Waals surface area contributed by atoms with Crippen LogP contribution in [0.4, 0.5) is 10.1 Å². The molecule has 3 aromatic rings. The molecule has 0 radical (unpaired) electrons. The number of aromatic nitrogens is 2. The Bertz CT molecular complexity index is 2030. The summed E-state index contributed by atoms with van der Waals surface area (Å²) >= 11 is 1.74. The van der Waals surface area contributed by atoms with E-state index in [4.69, 9.17) is 9.47 Å². The number of likely N-dealkylation sites (tertiary alicyclic amines) is 1. The number of imide groups is 2. The molecule has 6 heterocycles. The summed E-state index contributed by atoms with van der Waals surface area (Å²) in [7, 11) is 0. The van der Waals surface area contributed by atoms with Gasteiger partial charge in [-0.2, -0.15) is 11.8 Å². The zero-order valence-electron chi connectivity index (χ0n) is 30.7. The molecular weight excluding hydrogens is 730 g/mol. The number of fused-ring (bicyclic) bond motifs is 2. The molecule has 4 fully saturated rings. The lowest BCUT2D eigenvalue weighted by Crippen LogP contribution is -2.54. The van der Waals surface area contributed by atoms with Gasteiger partial charge in [0.05, 0.1) is 29.0 Å². The Morgan fingerprint density at radius 2 is 1.58 bits per heavy atom. The third kappa shape index (κ3) is 8.27. The molecule has 0 spiro atoms. The van der Waals surface area contributed by atoms with Crippen LogP contribution in [-0.4, -0.2) is 132 Å². The van der Waals surface area contributed by atoms with Crippen LogP contribution in [0, 0.1) is 11.7 Å². The number of hydrogen-bond donors (Lipinski definition) is 2. The molecule has 55 heavy (non-hydrogen) atoms. The van der Waals surface area contributed by atoms with Crippen molar-refractivity contribution in [2.75, 3.05) is 77.1 Å². The van der Waals surface area contributed by atoms with Crippen LogP contribution < -0.4 is 20.5 Å². The summed E-state index contributed by atoms with van der Waals surface area (Å²) in [6, 6.07) is 7.27. The van der Waals surface area contributed by atoms with Crippen molar-refractivity contribution in [3.05, 3.63) is 63.5 Å². The van der Waals surface area contributed by atoms with Gasteiger partial charge in [0.1, 0.15) is 28.8 Å². The maximum atomic E-state index is 15.0. The summed E-state index contributed by atoms with van der Waals surface area (Å²) in [5, 5.41) is 2.65. The first-order valence-electron chi connectivity index (χ1n) is 19.3. The van der Waals surface area contributed by atoms with Crippen molar-refractivity contribution < 1.29 is 33.0 Å². The fourth-order valence-electron chi connectivity index (χ4n) is 8.20. The highest BCUT2D eigenvalue weighted by molar-refractivity contribution is 7.99. The topological polar surface area (TPSA) is 157 Å². The lowest BCUT2D eigenvalue weighted by Gasteiger charge is -2.38. The molecule has 1 unspecified atom stereocenters. The number of carbonyl (C=O) groups is 4. The minimum Gasteiger partial charge on any atom is -0.493 e. The van der Waals surface area contributed by atoms with Crippen LogP contribution in [0.2, 0.25) is 0 Å². The normalized spacial score (nSPS) is 22.1. The molecule has 292 valence electrons. The molecular formula is C39H46FN7O7S. The first-order valence-corrected chi connectivity index (χ1v) is 20.3. The highest BCUT2D eigenvalue weighted by Crippen LogP contribution is 2.32. The number of halogens is 1. The van der Waals surface area contributed by atoms with Crippen molar-refractivity contribution >= 4 is 52.0 Å². The lowest BCUT2D eigenvalue weighted by molar-refractivity contribution is -0.136. The number of carbonyl (C=O) groups excluding carboxylic acids is 4. The third-order valence-corrected chi connectivity index (χ3v) is 12.9. The van der Waals surface area contributed by atoms with Crippen molar-refractivity contribution in [2.45, 2.75) is 55.6 Å². The fraction of sp³-hybridized carbons (Fsp3) is 0.538. The van der Waals surface area contributed by atoms with E-state index in [-0.39, 0.29) is 23.8 Å². The van der Waals surface area contributed by atoms with Crippen molar-refractivity contribution in [2.24, 2.45) is 5.92 Å². The van der Waals surface area contributed by atoms with E-state index in [1.807, 2.05) is 6.07 Å². The Morgan fingerprint density at radius 1 is 0.855 bits per heavy atom. The second kappa shape index (κ2) is 16.4. The average molecular weight is 776 g/mol. The predicted octanol–water partition coefficient (Wildman–Crippen LogP) is 2.79. The molecule has 1 aromatic heterocycles. The summed E-state index contributed by atoms with van der Waals surface area (Å²) in [4.78, 5) is 78.5. The monoisotopic (exact) mass is 775 g/mol. The number of anilines is 1. The minimum absolute atomic E-state index is 0.0422. The van der Waals surface area contributed by atoms with Crippen LogP contribution in [0.15, 0.2) is 35.1 Å². The number of thioether (sulfide) groups is 1. The van der Waals surface area contributed by atoms with Gasteiger partial charge in [0.2, 0.25) is 11.8 Å². The van der Waals surface area contributed by atoms with Gasteiger partial charge in [-0.15, -0.1) is 0 Å². The van der Waals surface area contributed by atoms with Gasteiger partial charge in [-0.1, -0.05) is 0 Å². The Labute approximate surface area is 322 Å². The molecule has 2 aromatic carbocycles. The Hall–Kier alpha value is -4.38. The molecule has 4 amide bonds. The van der Waals surface area contributed by atoms with Gasteiger partial charge in [-0.05, 0) is 69.3 Å². The number of rotatable bonds is 11. The number of aromatic amines is 1. The second-order valence-corrected chi connectivity index (χ2v) is 16.3. The molecule has 0 aliphatic carbocycles. The van der Waals surface area contributed by atoms with E-state index < -0.39 is 41.0 Å². The van der Waals surface area contributed by atoms with Crippen LogP contribution in [0.3, 0.4) is 0 Å². The largest absolute Gasteiger partial charge is 0.493 e. The van der Waals surface area contributed by atoms with E-state index in [0.717, 1.165) is 102 Å². The number of hydrogen-bond acceptors (Lipinski definition) is 12. The van der Waals surface area contributed by atoms with Crippen LogP contribution in [-0.2, 0) is 20.1 Å². The number of ether oxygens (including phenoxy) is 2. The molecule has 0 saturated carbocycles. The maximum Gasteiger partial charge on any atom is 0.262 e. The van der Waals surface area contributed by atoms with E-state index in [1.165, 1.54) is 6.07 Å². The van der Waals surface area contributed by atoms with Crippen molar-refractivity contribution in [3.8, 4) is 5.75 Å². The quantitative estimate of drug-likeness (QED) is 0.275. The summed E-state index contributed by atoms with van der Waals surface area (Å²) in [6.45, 7) is 9.12. The van der Waals surface area contributed by atoms with Gasteiger partial charge in [-0.3, -0.25) is 39.1 Å². The van der Waals surface area contributed by atoms with E-state index in [9.17, 15) is 24.0 Å². The minimum atomic E-state index is -0.977. The fourth-order valence-corrected chi connectivity index (χ4v) is 9.25. The highest BCUT2D eigenvalue weighted by Gasteiger charge is 2.45. The molecule has 8 rings (SSSR count). The molecule has 0 bridgehead atoms. The number of amides is 4. The molecule has 1 atom stereocenters. The third-order valence-electron chi connectivity index (χ3n) is 11.5. The maximum absolute atomic E-state index is 15.0. The smallest absolute Gasteiger partial charge is 0.262 e. The number of nitrogens with zero attached hydrogens (tertiary/aromatic N) is 5. The van der Waals surface area contributed by atoms with Crippen molar-refractivity contribution in [3.63, 3.8) is 0 Å². The van der Waals surface area contributed by atoms with Crippen molar-refractivity contribution in [1.29, 1.82) is 0 Å². The van der Waals surface area contributed by atoms with Gasteiger partial charge in [-0.25, -0.2) is 9.37 Å². The summed E-state index contributed by atoms with van der Waals surface area (Å²) in [5.41, 5.74) is 1.30. The lowest BCUT2D eigenvalue weighted by atomic mass is 9.98. The van der Waals surface area contributed by atoms with Gasteiger partial charge in [0, 0.05) is 82.0 Å². The molecule has 5 aliphatic heterocycles. The van der Waals surface area contributed by atoms with Crippen LogP contribution in [0.1, 0.15) is 65.1 Å². The predicted molar refractivity (Wildman–Crippen MR) is 204 cm³/mol. The van der Waals surface area contributed by atoms with E-state index >= 15 is 4.39 Å². The Balaban J connectivity index is 0.771. The molecule has 2 N–H and O–H groups in total. The van der Waals surface area contributed by atoms with Gasteiger partial charge >= 0.3 is 0 Å². The van der Waals surface area contributed by atoms with Crippen LogP contribution in [0.25, 0.3) is 10.9 Å². The first-order chi connectivity index (χ1) is 26.7. The highest BCUT2D eigenvalue weighted by atomic mass is 32.2. The standard InChI is InChI=1S/C39H46FN7O7S/c40-30-20-26(21-31-35(30)37(50)42-33(41-31)23-55-27-7-17-53-18-8-27)54-22-24-5-9-44(10-6-24)11-12-45-13-15-46(16-14-45)25-1-2-28-29(19-25)39(52)47(38(28)51)32-3-4-34(48)43-36(32)49/h1-2,19-21,24,27,32H,3-18,22-23H2,(H,41,42,50)(H,43,48,49). The molecule has 14 nitrogen and oxygen atoms in total. The number of piperidine rings is 2. The number of benzene rings is 2. The SMILES string of the molecule is O=C1CCC(N2C(=O)c3ccc(N4CCN(CCN5CCC(COc6cc(F)c7c(=O)[nH]c(CSC8CCOCC8)nc7c6)CC5)CC4)cc3C2=O)C(=O)N1. The van der Waals surface area contributed by atoms with Crippen LogP contribution >= 0.6 is 11.8 Å². The summed E-state index contributed by atoms with van der Waals surface area (Å²) in [5.74, 6) is -0.794. The van der Waals surface area contributed by atoms with Crippen molar-refractivity contribution in [1.82, 2.24) is 30.0 Å². The number of nitrogens with one attached hydrogen (secondary N) is 2. The van der Waals surface area contributed by atoms with E-state index in [2.05, 4.69) is 30.0 Å². The molecule has 16 heteroatoms. The van der Waals surface area contributed by atoms with Gasteiger partial charge < -0.3 is 24.3 Å².